The number of unbranched alkanes of at least 4 members (excludes halogenated alkanes) is 3. The zero-order chi connectivity index (χ0) is 57.2. The molecule has 29 heteroatoms. The molecule has 2 bridgehead atoms. The normalized spacial score (nSPS) is 26.9. The molecule has 1 saturated heterocycles. The Labute approximate surface area is 447 Å². The first kappa shape index (κ1) is 59.9. The van der Waals surface area contributed by atoms with Gasteiger partial charge in [-0.15, -0.1) is 0 Å². The summed E-state index contributed by atoms with van der Waals surface area (Å²) in [5.41, 5.74) is 3.04. The summed E-state index contributed by atoms with van der Waals surface area (Å²) in [4.78, 5) is 154. The number of primary amides is 1. The Kier molecular flexibility index (Phi) is 19.9. The maximum Gasteiger partial charge on any atom is 0.253 e. The molecule has 0 saturated carbocycles. The molecule has 13 N–H and O–H groups in total. The number of hydrogen-bond donors (Lipinski definition) is 12. The number of nitrogens with zero attached hydrogens (tertiary/aromatic N) is 2. The smallest absolute Gasteiger partial charge is 0.253 e. The maximum atomic E-state index is 15.0. The fraction of sp³-hybridized carbons (Fsp3) is 0.571. The molecule has 28 nitrogen and oxygen atoms in total. The first-order valence-corrected chi connectivity index (χ1v) is 27.2. The molecule has 4 aliphatic heterocycles. The molecule has 10 amide bonds. The van der Waals surface area contributed by atoms with Crippen molar-refractivity contribution in [2.24, 2.45) is 17.6 Å². The lowest BCUT2D eigenvalue weighted by Crippen LogP contribution is -2.69. The molecule has 5 heterocycles. The Morgan fingerprint density at radius 3 is 2.19 bits per heavy atom. The molecule has 0 spiro atoms. The highest BCUT2D eigenvalue weighted by atomic mass is 32.2. The number of benzene rings is 1. The van der Waals surface area contributed by atoms with Crippen molar-refractivity contribution in [3.05, 3.63) is 35.9 Å². The third-order valence-corrected chi connectivity index (χ3v) is 16.0. The number of rotatable bonds is 16. The fourth-order valence-corrected chi connectivity index (χ4v) is 11.3. The number of imide groups is 1. The molecule has 6 rings (SSSR count). The first-order valence-electron chi connectivity index (χ1n) is 25.5. The summed E-state index contributed by atoms with van der Waals surface area (Å²) in [5.74, 6) is -12.9. The van der Waals surface area contributed by atoms with Crippen LogP contribution < -0.4 is 47.7 Å². The number of fused-ring (bicyclic) bond motifs is 5. The average Bonchev–Trinajstić information content (AvgIpc) is 4.08. The number of sulfone groups is 1. The molecular formula is C49H67N11O17S. The lowest BCUT2D eigenvalue weighted by atomic mass is 9.92. The van der Waals surface area contributed by atoms with E-state index in [2.05, 4.69) is 42.2 Å². The summed E-state index contributed by atoms with van der Waals surface area (Å²) < 4.78 is 36.1. The molecule has 0 aliphatic carbocycles. The Balaban J connectivity index is 1.49. The standard InChI is InChI=1S/C49H67N11O17S/c1-4-25(2)41-45(72)52-19-37(66)53-34-23-78(75,76)47-30(29-10-9-28(15-31(29)56-47)77-14-8-6-5-7-13-59-39(68)11-12-40(59)69)16-32(43(70)51-20-38(67)57-41)54-46(73)42(26(3)35(64)22-61)58-49(24-62)18-27(63)21-60(49)48(74)33(17-36(50)65)55-44(34)71/h9-12,15,24-27,32-35,41-42,56,58,61,63-64H,4-8,13-14,16-23H2,1-3H3,(H2,50,65)(H,51,70)(H,52,72)(H,53,66)(H,54,73)(H,55,71)(H,57,67)/t25-,26-,27+,32-,33-,34-,35-,41-,42-,49-/m0/s1. The van der Waals surface area contributed by atoms with E-state index in [-0.39, 0.29) is 53.5 Å². The van der Waals surface area contributed by atoms with Gasteiger partial charge in [-0.25, -0.2) is 8.42 Å². The Bertz CT molecular complexity index is 2810. The van der Waals surface area contributed by atoms with Gasteiger partial charge >= 0.3 is 0 Å². The lowest BCUT2D eigenvalue weighted by Gasteiger charge is -2.41. The Morgan fingerprint density at radius 2 is 1.54 bits per heavy atom. The number of H-pyrrole nitrogens is 1. The highest BCUT2D eigenvalue weighted by molar-refractivity contribution is 7.91. The minimum atomic E-state index is -4.98. The molecule has 1 aromatic heterocycles. The van der Waals surface area contributed by atoms with Crippen LogP contribution in [0.25, 0.3) is 10.9 Å². The van der Waals surface area contributed by atoms with Gasteiger partial charge in [-0.2, -0.15) is 0 Å². The third kappa shape index (κ3) is 14.2. The van der Waals surface area contributed by atoms with Gasteiger partial charge in [-0.3, -0.25) is 63.0 Å². The molecular weight excluding hydrogens is 1050 g/mol. The van der Waals surface area contributed by atoms with E-state index < -0.39 is 173 Å². The predicted octanol–water partition coefficient (Wildman–Crippen LogP) is -5.10. The highest BCUT2D eigenvalue weighted by Gasteiger charge is 2.53. The van der Waals surface area contributed by atoms with Crippen LogP contribution >= 0.6 is 0 Å². The van der Waals surface area contributed by atoms with Crippen molar-refractivity contribution in [1.29, 1.82) is 0 Å². The van der Waals surface area contributed by atoms with Crippen molar-refractivity contribution >= 4 is 86.1 Å². The van der Waals surface area contributed by atoms with Crippen LogP contribution in [0, 0.1) is 11.8 Å². The van der Waals surface area contributed by atoms with Gasteiger partial charge in [0.05, 0.1) is 62.2 Å². The monoisotopic (exact) mass is 1110 g/mol. The Morgan fingerprint density at radius 1 is 0.872 bits per heavy atom. The van der Waals surface area contributed by atoms with Crippen LogP contribution in [0.15, 0.2) is 35.4 Å². The van der Waals surface area contributed by atoms with Gasteiger partial charge in [0.2, 0.25) is 47.3 Å². The molecule has 1 aromatic carbocycles. The summed E-state index contributed by atoms with van der Waals surface area (Å²) in [5, 5.41) is 48.6. The molecule has 1 fully saturated rings. The van der Waals surface area contributed by atoms with Crippen LogP contribution in [0.1, 0.15) is 71.3 Å². The van der Waals surface area contributed by atoms with Crippen LogP contribution in [0.2, 0.25) is 0 Å². The van der Waals surface area contributed by atoms with E-state index in [9.17, 15) is 68.1 Å². The zero-order valence-electron chi connectivity index (χ0n) is 43.2. The number of nitrogens with one attached hydrogen (secondary N) is 8. The topological polar surface area (TPSA) is 424 Å². The van der Waals surface area contributed by atoms with Crippen molar-refractivity contribution in [3.8, 4) is 5.75 Å². The summed E-state index contributed by atoms with van der Waals surface area (Å²) >= 11 is 0. The lowest BCUT2D eigenvalue weighted by molar-refractivity contribution is -0.147. The molecule has 0 unspecified atom stereocenters. The summed E-state index contributed by atoms with van der Waals surface area (Å²) in [6.07, 6.45) is -0.376. The van der Waals surface area contributed by atoms with Crippen molar-refractivity contribution in [2.75, 3.05) is 45.1 Å². The van der Waals surface area contributed by atoms with Gasteiger partial charge in [-0.05, 0) is 36.5 Å². The van der Waals surface area contributed by atoms with Crippen LogP contribution in [0.5, 0.6) is 5.75 Å². The second kappa shape index (κ2) is 25.9. The number of aliphatic hydroxyl groups is 3. The zero-order valence-corrected chi connectivity index (χ0v) is 44.0. The van der Waals surface area contributed by atoms with E-state index in [1.807, 2.05) is 0 Å². The number of aliphatic hydroxyl groups excluding tert-OH is 3. The quantitative estimate of drug-likeness (QED) is 0.0425. The number of carbonyl (C=O) groups excluding carboxylic acids is 11. The molecule has 78 heavy (non-hydrogen) atoms. The van der Waals surface area contributed by atoms with E-state index in [0.29, 0.717) is 37.0 Å². The number of ether oxygens (including phenoxy) is 1. The second-order valence-electron chi connectivity index (χ2n) is 19.9. The number of aromatic nitrogens is 1. The van der Waals surface area contributed by atoms with Crippen LogP contribution in [0.3, 0.4) is 0 Å². The van der Waals surface area contributed by atoms with Crippen LogP contribution in [0.4, 0.5) is 0 Å². The molecule has 0 radical (unpaired) electrons. The SMILES string of the molecule is CC[C@H](C)[C@@H]1NC(=O)CNC(=O)[C@@H]2Cc3c([nH]c4cc(OCCCCCCN5C(=O)C=CC5=O)ccc34)S(=O)(=O)C[C@H](NC(=O)CNC1=O)C(=O)N[C@@H](CC(N)=O)C(=O)N1C[C@H](O)C[C@]1(C=O)N[C@@H]([C@@H](C)[C@@H](O)CO)C(=O)N2. The number of amides is 10. The maximum absolute atomic E-state index is 15.0. The number of aldehydes is 1. The Hall–Kier alpha value is -7.34. The van der Waals surface area contributed by atoms with Gasteiger partial charge in [0.25, 0.3) is 11.8 Å². The van der Waals surface area contributed by atoms with Crippen molar-refractivity contribution in [1.82, 2.24) is 52.0 Å². The average molecular weight is 1110 g/mol. The van der Waals surface area contributed by atoms with Gasteiger partial charge < -0.3 is 67.6 Å². The minimum absolute atomic E-state index is 0.0859. The fourth-order valence-electron chi connectivity index (χ4n) is 9.67. The van der Waals surface area contributed by atoms with Gasteiger partial charge in [0.15, 0.2) is 21.8 Å². The van der Waals surface area contributed by atoms with Crippen molar-refractivity contribution in [2.45, 2.75) is 125 Å². The summed E-state index contributed by atoms with van der Waals surface area (Å²) in [6.45, 7) is 1.65. The summed E-state index contributed by atoms with van der Waals surface area (Å²) in [6, 6.07) is -4.90. The van der Waals surface area contributed by atoms with E-state index in [4.69, 9.17) is 10.5 Å². The van der Waals surface area contributed by atoms with Crippen molar-refractivity contribution < 1.29 is 81.2 Å². The molecule has 2 aromatic rings. The second-order valence-corrected chi connectivity index (χ2v) is 21.9. The van der Waals surface area contributed by atoms with Crippen LogP contribution in [-0.4, -0.2) is 197 Å². The van der Waals surface area contributed by atoms with Gasteiger partial charge in [0, 0.05) is 55.5 Å². The molecule has 10 atom stereocenters. The van der Waals surface area contributed by atoms with E-state index in [0.717, 1.165) is 4.90 Å². The van der Waals surface area contributed by atoms with E-state index in [1.54, 1.807) is 13.8 Å². The minimum Gasteiger partial charge on any atom is -0.494 e. The number of aromatic amines is 1. The number of nitrogens with two attached hydrogens (primary N) is 1. The highest BCUT2D eigenvalue weighted by Crippen LogP contribution is 2.33. The first-order chi connectivity index (χ1) is 36.9. The molecule has 4 aliphatic rings. The van der Waals surface area contributed by atoms with Gasteiger partial charge in [-0.1, -0.05) is 40.0 Å². The van der Waals surface area contributed by atoms with Crippen molar-refractivity contribution in [3.63, 3.8) is 0 Å². The number of carbonyl (C=O) groups is 11. The largest absolute Gasteiger partial charge is 0.494 e. The van der Waals surface area contributed by atoms with E-state index in [1.165, 1.54) is 37.3 Å². The van der Waals surface area contributed by atoms with E-state index >= 15 is 8.42 Å². The number of hydrogen-bond acceptors (Lipinski definition) is 18. The summed E-state index contributed by atoms with van der Waals surface area (Å²) in [7, 11) is -4.98. The van der Waals surface area contributed by atoms with Gasteiger partial charge in [0.1, 0.15) is 34.9 Å². The molecule has 426 valence electrons. The third-order valence-electron chi connectivity index (χ3n) is 14.2. The van der Waals surface area contributed by atoms with Crippen LogP contribution in [-0.2, 0) is 69.0 Å². The predicted molar refractivity (Wildman–Crippen MR) is 271 cm³/mol.